The Balaban J connectivity index is 1.44. The van der Waals surface area contributed by atoms with Gasteiger partial charge in [-0.2, -0.15) is 5.26 Å². The smallest absolute Gasteiger partial charge is 0.324 e. The molecule has 34 heavy (non-hydrogen) atoms. The summed E-state index contributed by atoms with van der Waals surface area (Å²) in [6, 6.07) is 17.1. The number of imide groups is 1. The molecule has 2 aliphatic rings. The standard InChI is InChI=1S/C23H22N6O4S/c24-14-18-19(15-5-4-8-17(13-15)29(32)33)20(34-21(18)25)22(30)26-23(31)28-11-9-27(10-12-28)16-6-2-1-3-7-16/h1-8,13,19-20H,9-12,25H2,(H,26,30,31). The molecule has 2 aromatic rings. The number of nitrogens with zero attached hydrogens (tertiary/aromatic N) is 4. The molecule has 0 aromatic heterocycles. The number of nitro benzene ring substituents is 1. The minimum atomic E-state index is -0.897. The number of carbonyl (C=O) groups excluding carboxylic acids is 2. The molecular formula is C23H22N6O4S. The molecule has 2 aliphatic heterocycles. The Morgan fingerprint density at radius 3 is 2.47 bits per heavy atom. The van der Waals surface area contributed by atoms with E-state index in [0.29, 0.717) is 31.7 Å². The highest BCUT2D eigenvalue weighted by Crippen LogP contribution is 2.46. The molecular weight excluding hydrogens is 456 g/mol. The van der Waals surface area contributed by atoms with Crippen molar-refractivity contribution < 1.29 is 14.5 Å². The van der Waals surface area contributed by atoms with Crippen LogP contribution in [0.2, 0.25) is 0 Å². The molecule has 3 N–H and O–H groups in total. The number of rotatable bonds is 4. The summed E-state index contributed by atoms with van der Waals surface area (Å²) in [4.78, 5) is 40.3. The summed E-state index contributed by atoms with van der Waals surface area (Å²) in [5.74, 6) is -1.39. The monoisotopic (exact) mass is 478 g/mol. The first-order chi connectivity index (χ1) is 16.4. The van der Waals surface area contributed by atoms with E-state index in [1.165, 1.54) is 18.2 Å². The number of hydrogen-bond acceptors (Lipinski definition) is 8. The number of nitrogens with one attached hydrogen (secondary N) is 1. The first kappa shape index (κ1) is 23.1. The number of piperazine rings is 1. The summed E-state index contributed by atoms with van der Waals surface area (Å²) in [6.45, 7) is 2.16. The van der Waals surface area contributed by atoms with Gasteiger partial charge in [-0.25, -0.2) is 4.79 Å². The number of thioether (sulfide) groups is 1. The van der Waals surface area contributed by atoms with Gasteiger partial charge >= 0.3 is 6.03 Å². The highest BCUT2D eigenvalue weighted by molar-refractivity contribution is 8.04. The number of amides is 3. The van der Waals surface area contributed by atoms with Crippen molar-refractivity contribution >= 4 is 35.1 Å². The second-order valence-corrected chi connectivity index (χ2v) is 9.05. The molecule has 2 aromatic carbocycles. The fraction of sp³-hybridized carbons (Fsp3) is 0.261. The Morgan fingerprint density at radius 1 is 1.12 bits per heavy atom. The lowest BCUT2D eigenvalue weighted by atomic mass is 9.88. The summed E-state index contributed by atoms with van der Waals surface area (Å²) >= 11 is 0.984. The first-order valence-electron chi connectivity index (χ1n) is 10.6. The number of para-hydroxylation sites is 1. The van der Waals surface area contributed by atoms with Crippen LogP contribution in [-0.2, 0) is 4.79 Å². The van der Waals surface area contributed by atoms with E-state index < -0.39 is 28.0 Å². The number of urea groups is 1. The molecule has 2 unspecified atom stereocenters. The Kier molecular flexibility index (Phi) is 6.70. The second-order valence-electron chi connectivity index (χ2n) is 7.86. The Labute approximate surface area is 200 Å². The largest absolute Gasteiger partial charge is 0.393 e. The maximum atomic E-state index is 13.1. The normalized spacial score (nSPS) is 20.1. The quantitative estimate of drug-likeness (QED) is 0.504. The molecule has 174 valence electrons. The van der Waals surface area contributed by atoms with Crippen LogP contribution in [0, 0.1) is 21.4 Å². The van der Waals surface area contributed by atoms with E-state index in [0.717, 1.165) is 17.4 Å². The van der Waals surface area contributed by atoms with Crippen LogP contribution in [0.15, 0.2) is 65.2 Å². The lowest BCUT2D eigenvalue weighted by molar-refractivity contribution is -0.384. The van der Waals surface area contributed by atoms with E-state index >= 15 is 0 Å². The van der Waals surface area contributed by atoms with Crippen LogP contribution in [0.1, 0.15) is 11.5 Å². The number of allylic oxidation sites excluding steroid dienone is 1. The summed E-state index contributed by atoms with van der Waals surface area (Å²) in [5, 5.41) is 22.5. The van der Waals surface area contributed by atoms with Gasteiger partial charge in [0.2, 0.25) is 5.91 Å². The van der Waals surface area contributed by atoms with E-state index in [-0.39, 0.29) is 16.3 Å². The van der Waals surface area contributed by atoms with Crippen molar-refractivity contribution in [2.75, 3.05) is 31.1 Å². The van der Waals surface area contributed by atoms with Gasteiger partial charge in [0.05, 0.1) is 21.6 Å². The number of nitrogens with two attached hydrogens (primary N) is 1. The third kappa shape index (κ3) is 4.67. The summed E-state index contributed by atoms with van der Waals surface area (Å²) in [7, 11) is 0. The predicted molar refractivity (Wildman–Crippen MR) is 128 cm³/mol. The van der Waals surface area contributed by atoms with Crippen molar-refractivity contribution in [3.05, 3.63) is 80.9 Å². The number of benzene rings is 2. The van der Waals surface area contributed by atoms with Gasteiger partial charge < -0.3 is 15.5 Å². The van der Waals surface area contributed by atoms with Crippen molar-refractivity contribution in [1.82, 2.24) is 10.2 Å². The predicted octanol–water partition coefficient (Wildman–Crippen LogP) is 2.55. The number of carbonyl (C=O) groups is 2. The Morgan fingerprint density at radius 2 is 1.82 bits per heavy atom. The zero-order valence-electron chi connectivity index (χ0n) is 18.1. The van der Waals surface area contributed by atoms with Gasteiger partial charge in [-0.15, -0.1) is 0 Å². The van der Waals surface area contributed by atoms with Crippen molar-refractivity contribution in [2.45, 2.75) is 11.2 Å². The van der Waals surface area contributed by atoms with E-state index in [2.05, 4.69) is 10.2 Å². The van der Waals surface area contributed by atoms with Crippen molar-refractivity contribution in [2.24, 2.45) is 5.73 Å². The fourth-order valence-corrected chi connectivity index (χ4v) is 5.31. The molecule has 1 fully saturated rings. The summed E-state index contributed by atoms with van der Waals surface area (Å²) in [5.41, 5.74) is 7.49. The molecule has 0 spiro atoms. The zero-order valence-corrected chi connectivity index (χ0v) is 18.9. The van der Waals surface area contributed by atoms with Crippen LogP contribution >= 0.6 is 11.8 Å². The molecule has 11 heteroatoms. The topological polar surface area (TPSA) is 146 Å². The Bertz CT molecular complexity index is 1190. The van der Waals surface area contributed by atoms with Crippen LogP contribution < -0.4 is 16.0 Å². The van der Waals surface area contributed by atoms with E-state index in [4.69, 9.17) is 5.73 Å². The SMILES string of the molecule is N#CC1=C(N)SC(C(=O)NC(=O)N2CCN(c3ccccc3)CC2)C1c1cccc([N+](=O)[O-])c1. The number of non-ortho nitro benzene ring substituents is 1. The molecule has 10 nitrogen and oxygen atoms in total. The van der Waals surface area contributed by atoms with Gasteiger partial charge in [0.25, 0.3) is 5.69 Å². The summed E-state index contributed by atoms with van der Waals surface area (Å²) in [6.07, 6.45) is 0. The molecule has 0 radical (unpaired) electrons. The summed E-state index contributed by atoms with van der Waals surface area (Å²) < 4.78 is 0. The van der Waals surface area contributed by atoms with Crippen LogP contribution in [0.4, 0.5) is 16.2 Å². The molecule has 3 amide bonds. The van der Waals surface area contributed by atoms with E-state index in [1.54, 1.807) is 11.0 Å². The number of hydrogen-bond donors (Lipinski definition) is 2. The molecule has 4 rings (SSSR count). The molecule has 2 heterocycles. The van der Waals surface area contributed by atoms with Gasteiger partial charge in [-0.05, 0) is 17.7 Å². The van der Waals surface area contributed by atoms with Crippen molar-refractivity contribution in [3.63, 3.8) is 0 Å². The fourth-order valence-electron chi connectivity index (χ4n) is 4.14. The maximum absolute atomic E-state index is 13.1. The lowest BCUT2D eigenvalue weighted by Crippen LogP contribution is -2.54. The average molecular weight is 479 g/mol. The van der Waals surface area contributed by atoms with Gasteiger partial charge in [0.1, 0.15) is 5.25 Å². The van der Waals surface area contributed by atoms with Crippen LogP contribution in [0.5, 0.6) is 0 Å². The van der Waals surface area contributed by atoms with Crippen molar-refractivity contribution in [3.8, 4) is 6.07 Å². The Hall–Kier alpha value is -4.04. The van der Waals surface area contributed by atoms with Gasteiger partial charge in [0.15, 0.2) is 0 Å². The second kappa shape index (κ2) is 9.84. The molecule has 0 saturated carbocycles. The molecule has 1 saturated heterocycles. The average Bonchev–Trinajstić information content (AvgIpc) is 3.21. The number of nitriles is 1. The number of anilines is 1. The third-order valence-corrected chi connectivity index (χ3v) is 7.08. The lowest BCUT2D eigenvalue weighted by Gasteiger charge is -2.36. The van der Waals surface area contributed by atoms with Gasteiger partial charge in [-0.3, -0.25) is 20.2 Å². The molecule has 0 bridgehead atoms. The van der Waals surface area contributed by atoms with Crippen LogP contribution in [0.3, 0.4) is 0 Å². The molecule has 2 atom stereocenters. The molecule has 0 aliphatic carbocycles. The van der Waals surface area contributed by atoms with Gasteiger partial charge in [-0.1, -0.05) is 42.1 Å². The zero-order chi connectivity index (χ0) is 24.2. The van der Waals surface area contributed by atoms with E-state index in [9.17, 15) is 25.0 Å². The maximum Gasteiger partial charge on any atom is 0.324 e. The minimum Gasteiger partial charge on any atom is -0.393 e. The highest BCUT2D eigenvalue weighted by Gasteiger charge is 2.42. The third-order valence-electron chi connectivity index (χ3n) is 5.87. The van der Waals surface area contributed by atoms with Crippen LogP contribution in [0.25, 0.3) is 0 Å². The van der Waals surface area contributed by atoms with Gasteiger partial charge in [0, 0.05) is 49.9 Å². The highest BCUT2D eigenvalue weighted by atomic mass is 32.2. The minimum absolute atomic E-state index is 0.156. The van der Waals surface area contributed by atoms with E-state index in [1.807, 2.05) is 36.4 Å². The number of nitro groups is 1. The van der Waals surface area contributed by atoms with Crippen molar-refractivity contribution in [1.29, 1.82) is 5.26 Å². The first-order valence-corrected chi connectivity index (χ1v) is 11.5. The van der Waals surface area contributed by atoms with Crippen LogP contribution in [-0.4, -0.2) is 53.2 Å².